The maximum atomic E-state index is 11.9. The van der Waals surface area contributed by atoms with Gasteiger partial charge in [0, 0.05) is 15.4 Å². The fraction of sp³-hybridized carbons (Fsp3) is 0.118. The van der Waals surface area contributed by atoms with E-state index in [9.17, 15) is 9.90 Å². The molecule has 0 spiro atoms. The van der Waals surface area contributed by atoms with Gasteiger partial charge in [0.1, 0.15) is 11.3 Å². The number of phenols is 1. The molecule has 0 radical (unpaired) electrons. The van der Waals surface area contributed by atoms with E-state index in [0.29, 0.717) is 11.1 Å². The summed E-state index contributed by atoms with van der Waals surface area (Å²) in [5, 5.41) is 9.56. The highest BCUT2D eigenvalue weighted by atomic mass is 32.2. The van der Waals surface area contributed by atoms with Crippen molar-refractivity contribution in [3.05, 3.63) is 60.4 Å². The summed E-state index contributed by atoms with van der Waals surface area (Å²) in [5.74, 6) is -0.270. The molecule has 4 nitrogen and oxygen atoms in total. The first-order valence-corrected chi connectivity index (χ1v) is 7.35. The van der Waals surface area contributed by atoms with E-state index in [1.54, 1.807) is 18.2 Å². The SMILES string of the molecule is COC=C(C(=O)OC)c1ccccc1Sc1cccc(O)c1. The van der Waals surface area contributed by atoms with E-state index in [2.05, 4.69) is 0 Å². The van der Waals surface area contributed by atoms with Crippen molar-refractivity contribution >= 4 is 23.3 Å². The van der Waals surface area contributed by atoms with Crippen LogP contribution in [0, 0.1) is 0 Å². The summed E-state index contributed by atoms with van der Waals surface area (Å²) in [4.78, 5) is 13.7. The first-order chi connectivity index (χ1) is 10.7. The second kappa shape index (κ2) is 7.56. The molecule has 0 aliphatic rings. The van der Waals surface area contributed by atoms with E-state index in [-0.39, 0.29) is 5.75 Å². The number of esters is 1. The summed E-state index contributed by atoms with van der Waals surface area (Å²) < 4.78 is 9.80. The Balaban J connectivity index is 2.41. The van der Waals surface area contributed by atoms with Gasteiger partial charge in [-0.1, -0.05) is 36.0 Å². The molecular formula is C17H16O4S. The molecule has 0 aliphatic heterocycles. The average molecular weight is 316 g/mol. The normalized spacial score (nSPS) is 11.1. The number of hydrogen-bond donors (Lipinski definition) is 1. The number of rotatable bonds is 5. The van der Waals surface area contributed by atoms with Crippen molar-refractivity contribution in [2.24, 2.45) is 0 Å². The topological polar surface area (TPSA) is 55.8 Å². The lowest BCUT2D eigenvalue weighted by Gasteiger charge is -2.11. The van der Waals surface area contributed by atoms with Crippen LogP contribution in [-0.4, -0.2) is 25.3 Å². The Hall–Kier alpha value is -2.40. The van der Waals surface area contributed by atoms with Crippen LogP contribution < -0.4 is 0 Å². The van der Waals surface area contributed by atoms with Crippen molar-refractivity contribution in [3.63, 3.8) is 0 Å². The van der Waals surface area contributed by atoms with Crippen LogP contribution in [0.3, 0.4) is 0 Å². The predicted molar refractivity (Wildman–Crippen MR) is 85.7 cm³/mol. The highest BCUT2D eigenvalue weighted by Crippen LogP contribution is 2.35. The van der Waals surface area contributed by atoms with E-state index in [1.807, 2.05) is 30.3 Å². The molecule has 0 aromatic heterocycles. The molecule has 2 aromatic carbocycles. The Kier molecular flexibility index (Phi) is 5.49. The molecule has 2 rings (SSSR count). The summed E-state index contributed by atoms with van der Waals surface area (Å²) >= 11 is 1.45. The average Bonchev–Trinajstić information content (AvgIpc) is 2.53. The van der Waals surface area contributed by atoms with Gasteiger partial charge in [-0.25, -0.2) is 4.79 Å². The van der Waals surface area contributed by atoms with Crippen molar-refractivity contribution < 1.29 is 19.4 Å². The number of benzene rings is 2. The van der Waals surface area contributed by atoms with Gasteiger partial charge in [0.05, 0.1) is 20.5 Å². The fourth-order valence-corrected chi connectivity index (χ4v) is 2.92. The van der Waals surface area contributed by atoms with E-state index >= 15 is 0 Å². The number of carbonyl (C=O) groups is 1. The van der Waals surface area contributed by atoms with Crippen LogP contribution >= 0.6 is 11.8 Å². The molecule has 114 valence electrons. The second-order valence-electron chi connectivity index (χ2n) is 4.35. The van der Waals surface area contributed by atoms with Gasteiger partial charge in [0.2, 0.25) is 0 Å². The van der Waals surface area contributed by atoms with Gasteiger partial charge in [0.15, 0.2) is 0 Å². The minimum Gasteiger partial charge on any atom is -0.508 e. The Labute approximate surface area is 133 Å². The number of phenolic OH excluding ortho intramolecular Hbond substituents is 1. The third-order valence-corrected chi connectivity index (χ3v) is 3.93. The van der Waals surface area contributed by atoms with Crippen LogP contribution in [0.1, 0.15) is 5.56 Å². The van der Waals surface area contributed by atoms with Crippen LogP contribution in [-0.2, 0) is 14.3 Å². The quantitative estimate of drug-likeness (QED) is 0.518. The van der Waals surface area contributed by atoms with Gasteiger partial charge in [-0.05, 0) is 24.3 Å². The van der Waals surface area contributed by atoms with Crippen molar-refractivity contribution in [3.8, 4) is 5.75 Å². The van der Waals surface area contributed by atoms with Crippen molar-refractivity contribution in [2.45, 2.75) is 9.79 Å². The van der Waals surface area contributed by atoms with Crippen LogP contribution in [0.4, 0.5) is 0 Å². The van der Waals surface area contributed by atoms with Crippen LogP contribution in [0.2, 0.25) is 0 Å². The van der Waals surface area contributed by atoms with Gasteiger partial charge in [-0.2, -0.15) is 0 Å². The third-order valence-electron chi connectivity index (χ3n) is 2.86. The Morgan fingerprint density at radius 3 is 2.59 bits per heavy atom. The summed E-state index contributed by atoms with van der Waals surface area (Å²) in [6, 6.07) is 14.4. The maximum absolute atomic E-state index is 11.9. The van der Waals surface area contributed by atoms with E-state index in [1.165, 1.54) is 32.2 Å². The van der Waals surface area contributed by atoms with Crippen molar-refractivity contribution in [1.82, 2.24) is 0 Å². The molecule has 0 bridgehead atoms. The highest BCUT2D eigenvalue weighted by Gasteiger charge is 2.17. The van der Waals surface area contributed by atoms with E-state index < -0.39 is 5.97 Å². The minimum absolute atomic E-state index is 0.197. The first kappa shape index (κ1) is 16.0. The number of methoxy groups -OCH3 is 2. The second-order valence-corrected chi connectivity index (χ2v) is 5.47. The fourth-order valence-electron chi connectivity index (χ4n) is 1.90. The Bertz CT molecular complexity index is 695. The summed E-state index contributed by atoms with van der Waals surface area (Å²) in [6.07, 6.45) is 1.37. The maximum Gasteiger partial charge on any atom is 0.341 e. The zero-order valence-corrected chi connectivity index (χ0v) is 13.1. The highest BCUT2D eigenvalue weighted by molar-refractivity contribution is 7.99. The summed E-state index contributed by atoms with van der Waals surface area (Å²) in [7, 11) is 2.81. The molecule has 0 saturated carbocycles. The van der Waals surface area contributed by atoms with Crippen LogP contribution in [0.15, 0.2) is 64.6 Å². The number of aromatic hydroxyl groups is 1. The molecule has 0 fully saturated rings. The van der Waals surface area contributed by atoms with E-state index in [4.69, 9.17) is 9.47 Å². The van der Waals surface area contributed by atoms with Gasteiger partial charge in [0.25, 0.3) is 0 Å². The molecule has 0 amide bonds. The van der Waals surface area contributed by atoms with Crippen LogP contribution in [0.5, 0.6) is 5.75 Å². The monoisotopic (exact) mass is 316 g/mol. The zero-order chi connectivity index (χ0) is 15.9. The number of carbonyl (C=O) groups excluding carboxylic acids is 1. The third kappa shape index (κ3) is 3.83. The molecule has 0 atom stereocenters. The molecule has 0 saturated heterocycles. The molecule has 0 aliphatic carbocycles. The Morgan fingerprint density at radius 2 is 1.91 bits per heavy atom. The first-order valence-electron chi connectivity index (χ1n) is 6.53. The lowest BCUT2D eigenvalue weighted by atomic mass is 10.1. The molecular weight excluding hydrogens is 300 g/mol. The summed E-state index contributed by atoms with van der Waals surface area (Å²) in [6.45, 7) is 0. The van der Waals surface area contributed by atoms with Crippen molar-refractivity contribution in [2.75, 3.05) is 14.2 Å². The van der Waals surface area contributed by atoms with E-state index in [0.717, 1.165) is 9.79 Å². The largest absolute Gasteiger partial charge is 0.508 e. The lowest BCUT2D eigenvalue weighted by Crippen LogP contribution is -2.05. The Morgan fingerprint density at radius 1 is 1.14 bits per heavy atom. The zero-order valence-electron chi connectivity index (χ0n) is 12.3. The molecule has 2 aromatic rings. The van der Waals surface area contributed by atoms with Crippen LogP contribution in [0.25, 0.3) is 5.57 Å². The minimum atomic E-state index is -0.467. The van der Waals surface area contributed by atoms with Gasteiger partial charge >= 0.3 is 5.97 Å². The number of hydrogen-bond acceptors (Lipinski definition) is 5. The van der Waals surface area contributed by atoms with Gasteiger partial charge in [-0.15, -0.1) is 0 Å². The molecule has 0 heterocycles. The van der Waals surface area contributed by atoms with Crippen molar-refractivity contribution in [1.29, 1.82) is 0 Å². The number of ether oxygens (including phenoxy) is 2. The molecule has 22 heavy (non-hydrogen) atoms. The van der Waals surface area contributed by atoms with Gasteiger partial charge < -0.3 is 14.6 Å². The standard InChI is InChI=1S/C17H16O4S/c1-20-11-15(17(19)21-2)14-8-3-4-9-16(14)22-13-7-5-6-12(18)10-13/h3-11,18H,1-2H3. The molecule has 0 unspecified atom stereocenters. The summed E-state index contributed by atoms with van der Waals surface area (Å²) in [5.41, 5.74) is 1.05. The van der Waals surface area contributed by atoms with Gasteiger partial charge in [-0.3, -0.25) is 0 Å². The molecule has 1 N–H and O–H groups in total. The molecule has 5 heteroatoms. The smallest absolute Gasteiger partial charge is 0.341 e. The lowest BCUT2D eigenvalue weighted by molar-refractivity contribution is -0.133. The predicted octanol–water partition coefficient (Wildman–Crippen LogP) is 3.70.